The Morgan fingerprint density at radius 3 is 2.68 bits per heavy atom. The van der Waals surface area contributed by atoms with E-state index in [1.165, 1.54) is 6.07 Å². The first kappa shape index (κ1) is 18.2. The van der Waals surface area contributed by atoms with Crippen molar-refractivity contribution >= 4 is 11.6 Å². The summed E-state index contributed by atoms with van der Waals surface area (Å²) in [5.74, 6) is -0.272. The van der Waals surface area contributed by atoms with Crippen LogP contribution in [0.5, 0.6) is 0 Å². The van der Waals surface area contributed by atoms with Crippen molar-refractivity contribution in [2.24, 2.45) is 0 Å². The molecule has 4 heteroatoms. The van der Waals surface area contributed by atoms with E-state index < -0.39 is 0 Å². The summed E-state index contributed by atoms with van der Waals surface area (Å²) in [5, 5.41) is 6.41. The number of carbonyl (C=O) groups is 1. The third-order valence-corrected chi connectivity index (χ3v) is 5.12. The second-order valence-corrected chi connectivity index (χ2v) is 7.33. The zero-order valence-corrected chi connectivity index (χ0v) is 15.8. The monoisotopic (exact) mass is 374 g/mol. The molecule has 142 valence electrons. The van der Waals surface area contributed by atoms with Crippen LogP contribution in [0, 0.1) is 12.7 Å². The number of anilines is 1. The van der Waals surface area contributed by atoms with Crippen molar-refractivity contribution in [1.82, 2.24) is 5.32 Å². The number of hydrogen-bond donors (Lipinski definition) is 2. The highest BCUT2D eigenvalue weighted by atomic mass is 19.1. The fourth-order valence-electron chi connectivity index (χ4n) is 3.77. The molecule has 0 radical (unpaired) electrons. The van der Waals surface area contributed by atoms with E-state index in [0.29, 0.717) is 18.5 Å². The molecule has 1 unspecified atom stereocenters. The van der Waals surface area contributed by atoms with Gasteiger partial charge in [0.25, 0.3) is 5.91 Å². The second-order valence-electron chi connectivity index (χ2n) is 7.33. The van der Waals surface area contributed by atoms with Crippen LogP contribution in [0.3, 0.4) is 0 Å². The van der Waals surface area contributed by atoms with Crippen molar-refractivity contribution in [2.45, 2.75) is 25.8 Å². The van der Waals surface area contributed by atoms with E-state index in [2.05, 4.69) is 22.8 Å². The Labute approximate surface area is 164 Å². The zero-order chi connectivity index (χ0) is 19.5. The van der Waals surface area contributed by atoms with Crippen LogP contribution in [-0.4, -0.2) is 12.5 Å². The first-order chi connectivity index (χ1) is 13.6. The van der Waals surface area contributed by atoms with E-state index in [1.54, 1.807) is 6.07 Å². The molecule has 2 N–H and O–H groups in total. The molecule has 0 saturated carbocycles. The average Bonchev–Trinajstić information content (AvgIpc) is 2.68. The Kier molecular flexibility index (Phi) is 5.11. The number of carbonyl (C=O) groups excluding carboxylic acids is 1. The normalized spacial score (nSPS) is 14.1. The Morgan fingerprint density at radius 2 is 1.89 bits per heavy atom. The highest BCUT2D eigenvalue weighted by Crippen LogP contribution is 2.27. The standard InChI is InChI=1S/C24H23FN2O/c1-16-11-19(14-20(25)12-16)23(13-17-5-3-2-4-6-17)27-21-8-7-18-9-10-26-24(28)22(18)15-21/h2-8,11-12,14-15,23,27H,9-10,13H2,1H3,(H,26,28). The van der Waals surface area contributed by atoms with Gasteiger partial charge in [-0.15, -0.1) is 0 Å². The maximum absolute atomic E-state index is 14.1. The van der Waals surface area contributed by atoms with Crippen molar-refractivity contribution in [1.29, 1.82) is 0 Å². The molecular weight excluding hydrogens is 351 g/mol. The summed E-state index contributed by atoms with van der Waals surface area (Å²) in [4.78, 5) is 12.2. The molecule has 0 saturated heterocycles. The lowest BCUT2D eigenvalue weighted by atomic mass is 9.96. The minimum Gasteiger partial charge on any atom is -0.378 e. The van der Waals surface area contributed by atoms with E-state index in [-0.39, 0.29) is 17.8 Å². The fourth-order valence-corrected chi connectivity index (χ4v) is 3.77. The largest absolute Gasteiger partial charge is 0.378 e. The molecule has 0 bridgehead atoms. The molecule has 4 rings (SSSR count). The molecule has 1 heterocycles. The van der Waals surface area contributed by atoms with E-state index >= 15 is 0 Å². The molecule has 3 nitrogen and oxygen atoms in total. The minimum atomic E-state index is -0.236. The molecule has 3 aromatic carbocycles. The molecule has 1 atom stereocenters. The average molecular weight is 374 g/mol. The van der Waals surface area contributed by atoms with Crippen molar-refractivity contribution in [3.05, 3.63) is 100 Å². The summed E-state index contributed by atoms with van der Waals surface area (Å²) in [5.41, 5.74) is 5.58. The van der Waals surface area contributed by atoms with Crippen LogP contribution in [0.25, 0.3) is 0 Å². The number of amides is 1. The summed E-state index contributed by atoms with van der Waals surface area (Å²) >= 11 is 0. The number of benzene rings is 3. The van der Waals surface area contributed by atoms with E-state index in [4.69, 9.17) is 0 Å². The van der Waals surface area contributed by atoms with Crippen LogP contribution >= 0.6 is 0 Å². The molecule has 0 fully saturated rings. The third-order valence-electron chi connectivity index (χ3n) is 5.12. The number of nitrogens with one attached hydrogen (secondary N) is 2. The number of aryl methyl sites for hydroxylation is 1. The maximum Gasteiger partial charge on any atom is 0.251 e. The third kappa shape index (κ3) is 4.06. The summed E-state index contributed by atoms with van der Waals surface area (Å²) in [7, 11) is 0. The maximum atomic E-state index is 14.1. The van der Waals surface area contributed by atoms with Crippen molar-refractivity contribution in [3.8, 4) is 0 Å². The molecule has 1 aliphatic heterocycles. The predicted molar refractivity (Wildman–Crippen MR) is 110 cm³/mol. The SMILES string of the molecule is Cc1cc(F)cc(C(Cc2ccccc2)Nc2ccc3c(c2)C(=O)NCC3)c1. The second kappa shape index (κ2) is 7.85. The van der Waals surface area contributed by atoms with Gasteiger partial charge in [0.2, 0.25) is 0 Å². The first-order valence-corrected chi connectivity index (χ1v) is 9.57. The molecule has 28 heavy (non-hydrogen) atoms. The predicted octanol–water partition coefficient (Wildman–Crippen LogP) is 4.82. The van der Waals surface area contributed by atoms with Crippen LogP contribution in [0.1, 0.15) is 38.7 Å². The lowest BCUT2D eigenvalue weighted by Gasteiger charge is -2.23. The fraction of sp³-hybridized carbons (Fsp3) is 0.208. The van der Waals surface area contributed by atoms with Crippen molar-refractivity contribution in [2.75, 3.05) is 11.9 Å². The highest BCUT2D eigenvalue weighted by molar-refractivity contribution is 5.97. The van der Waals surface area contributed by atoms with Crippen LogP contribution in [0.2, 0.25) is 0 Å². The smallest absolute Gasteiger partial charge is 0.251 e. The van der Waals surface area contributed by atoms with Crippen LogP contribution in [0.15, 0.2) is 66.7 Å². The van der Waals surface area contributed by atoms with Gasteiger partial charge in [0.15, 0.2) is 0 Å². The van der Waals surface area contributed by atoms with E-state index in [1.807, 2.05) is 49.4 Å². The highest BCUT2D eigenvalue weighted by Gasteiger charge is 2.19. The first-order valence-electron chi connectivity index (χ1n) is 9.57. The molecule has 0 aliphatic carbocycles. The Hall–Kier alpha value is -3.14. The van der Waals surface area contributed by atoms with Gasteiger partial charge in [-0.05, 0) is 66.3 Å². The van der Waals surface area contributed by atoms with Gasteiger partial charge in [-0.2, -0.15) is 0 Å². The Morgan fingerprint density at radius 1 is 1.07 bits per heavy atom. The number of fused-ring (bicyclic) bond motifs is 1. The minimum absolute atomic E-state index is 0.0360. The summed E-state index contributed by atoms with van der Waals surface area (Å²) in [6, 6.07) is 21.1. The molecule has 1 aliphatic rings. The van der Waals surface area contributed by atoms with Crippen LogP contribution < -0.4 is 10.6 Å². The van der Waals surface area contributed by atoms with Crippen molar-refractivity contribution < 1.29 is 9.18 Å². The van der Waals surface area contributed by atoms with Gasteiger partial charge in [0, 0.05) is 17.8 Å². The van der Waals surface area contributed by atoms with Gasteiger partial charge in [0.1, 0.15) is 5.82 Å². The van der Waals surface area contributed by atoms with Gasteiger partial charge in [-0.1, -0.05) is 42.5 Å². The van der Waals surface area contributed by atoms with E-state index in [0.717, 1.165) is 34.4 Å². The van der Waals surface area contributed by atoms with Gasteiger partial charge in [-0.3, -0.25) is 4.79 Å². The number of halogens is 1. The summed E-state index contributed by atoms with van der Waals surface area (Å²) < 4.78 is 14.1. The Balaban J connectivity index is 1.67. The van der Waals surface area contributed by atoms with Gasteiger partial charge in [-0.25, -0.2) is 4.39 Å². The van der Waals surface area contributed by atoms with Gasteiger partial charge >= 0.3 is 0 Å². The van der Waals surface area contributed by atoms with Crippen LogP contribution in [0.4, 0.5) is 10.1 Å². The lowest BCUT2D eigenvalue weighted by Crippen LogP contribution is -2.31. The van der Waals surface area contributed by atoms with E-state index in [9.17, 15) is 9.18 Å². The van der Waals surface area contributed by atoms with Crippen molar-refractivity contribution in [3.63, 3.8) is 0 Å². The zero-order valence-electron chi connectivity index (χ0n) is 15.8. The van der Waals surface area contributed by atoms with Gasteiger partial charge in [0.05, 0.1) is 6.04 Å². The topological polar surface area (TPSA) is 41.1 Å². The molecule has 3 aromatic rings. The molecule has 0 aromatic heterocycles. The molecular formula is C24H23FN2O. The summed E-state index contributed by atoms with van der Waals surface area (Å²) in [6.07, 6.45) is 1.56. The lowest BCUT2D eigenvalue weighted by molar-refractivity contribution is 0.0946. The van der Waals surface area contributed by atoms with Gasteiger partial charge < -0.3 is 10.6 Å². The number of rotatable bonds is 5. The summed E-state index contributed by atoms with van der Waals surface area (Å²) in [6.45, 7) is 2.58. The Bertz CT molecular complexity index is 980. The number of hydrogen-bond acceptors (Lipinski definition) is 2. The van der Waals surface area contributed by atoms with Crippen LogP contribution in [-0.2, 0) is 12.8 Å². The molecule has 1 amide bonds. The molecule has 0 spiro atoms. The quantitative estimate of drug-likeness (QED) is 0.672.